The van der Waals surface area contributed by atoms with Crippen LogP contribution in [0.5, 0.6) is 6.01 Å². The molecule has 0 N–H and O–H groups in total. The Morgan fingerprint density at radius 1 is 1.10 bits per heavy atom. The minimum atomic E-state index is -0.373. The Balaban J connectivity index is 1.22. The second-order valence-corrected chi connectivity index (χ2v) is 9.57. The van der Waals surface area contributed by atoms with Gasteiger partial charge in [-0.15, -0.1) is 0 Å². The summed E-state index contributed by atoms with van der Waals surface area (Å²) in [5.74, 6) is 2.45. The van der Waals surface area contributed by atoms with Crippen molar-refractivity contribution in [2.45, 2.75) is 57.5 Å². The summed E-state index contributed by atoms with van der Waals surface area (Å²) in [6.45, 7) is 2.59. The molecule has 6 rings (SSSR count). The van der Waals surface area contributed by atoms with Gasteiger partial charge in [0.15, 0.2) is 0 Å². The van der Waals surface area contributed by atoms with Crippen molar-refractivity contribution in [1.82, 2.24) is 9.97 Å². The fourth-order valence-electron chi connectivity index (χ4n) is 6.44. The van der Waals surface area contributed by atoms with Crippen LogP contribution in [-0.4, -0.2) is 22.5 Å². The number of rotatable bonds is 7. The molecule has 4 fully saturated rings. The molecule has 1 aromatic carbocycles. The number of ether oxygens (including phenoxy) is 2. The first kappa shape index (κ1) is 20.2. The van der Waals surface area contributed by atoms with Crippen molar-refractivity contribution in [3.63, 3.8) is 0 Å². The molecular formula is C26H30N2O3. The number of carbonyl (C=O) groups excluding carboxylic acids is 1. The van der Waals surface area contributed by atoms with Crippen LogP contribution in [0, 0.1) is 17.8 Å². The Labute approximate surface area is 183 Å². The van der Waals surface area contributed by atoms with Crippen LogP contribution in [0.2, 0.25) is 0 Å². The van der Waals surface area contributed by atoms with Gasteiger partial charge >= 0.3 is 12.0 Å². The summed E-state index contributed by atoms with van der Waals surface area (Å²) < 4.78 is 10.7. The Kier molecular flexibility index (Phi) is 5.51. The number of carbonyl (C=O) groups is 1. The van der Waals surface area contributed by atoms with Crippen LogP contribution in [0.15, 0.2) is 42.7 Å². The van der Waals surface area contributed by atoms with Gasteiger partial charge in [0.2, 0.25) is 0 Å². The first-order valence-corrected chi connectivity index (χ1v) is 11.5. The summed E-state index contributed by atoms with van der Waals surface area (Å²) >= 11 is 0. The van der Waals surface area contributed by atoms with E-state index in [2.05, 4.69) is 34.2 Å². The topological polar surface area (TPSA) is 61.3 Å². The molecule has 5 heteroatoms. The van der Waals surface area contributed by atoms with Gasteiger partial charge in [-0.3, -0.25) is 0 Å². The van der Waals surface area contributed by atoms with Gasteiger partial charge < -0.3 is 9.47 Å². The molecule has 1 heterocycles. The lowest BCUT2D eigenvalue weighted by Crippen LogP contribution is -2.48. The van der Waals surface area contributed by atoms with Gasteiger partial charge in [-0.25, -0.2) is 14.8 Å². The predicted octanol–water partition coefficient (Wildman–Crippen LogP) is 5.10. The van der Waals surface area contributed by atoms with E-state index in [1.54, 1.807) is 25.4 Å². The van der Waals surface area contributed by atoms with Crippen molar-refractivity contribution in [3.05, 3.63) is 59.4 Å². The SMILES string of the molecule is CCOC(=O)/C=C/c1cnc(OCc2cccc(C34CC5CC(CC(C5)C3)C4)c2)nc1. The Morgan fingerprint density at radius 3 is 2.42 bits per heavy atom. The lowest BCUT2D eigenvalue weighted by Gasteiger charge is -2.57. The van der Waals surface area contributed by atoms with Gasteiger partial charge in [-0.1, -0.05) is 24.3 Å². The van der Waals surface area contributed by atoms with E-state index in [4.69, 9.17) is 9.47 Å². The van der Waals surface area contributed by atoms with E-state index in [-0.39, 0.29) is 5.97 Å². The standard InChI is InChI=1S/C26H30N2O3/c1-2-30-24(29)7-6-19-15-27-25(28-16-19)31-17-18-4-3-5-23(11-18)26-12-20-8-21(13-26)10-22(9-20)14-26/h3-7,11,15-16,20-22H,2,8-10,12-14,17H2,1H3/b7-6+. The first-order valence-electron chi connectivity index (χ1n) is 11.5. The lowest BCUT2D eigenvalue weighted by molar-refractivity contribution is -0.137. The molecular weight excluding hydrogens is 388 g/mol. The molecule has 4 saturated carbocycles. The largest absolute Gasteiger partial charge is 0.463 e. The molecule has 0 atom stereocenters. The molecule has 0 aliphatic heterocycles. The molecule has 5 nitrogen and oxygen atoms in total. The molecule has 162 valence electrons. The Morgan fingerprint density at radius 2 is 1.77 bits per heavy atom. The second-order valence-electron chi connectivity index (χ2n) is 9.57. The van der Waals surface area contributed by atoms with Crippen molar-refractivity contribution in [3.8, 4) is 6.01 Å². The van der Waals surface area contributed by atoms with E-state index in [0.29, 0.717) is 24.6 Å². The Bertz CT molecular complexity index is 932. The summed E-state index contributed by atoms with van der Waals surface area (Å²) in [4.78, 5) is 19.9. The minimum absolute atomic E-state index is 0.341. The maximum atomic E-state index is 11.4. The van der Waals surface area contributed by atoms with Crippen LogP contribution in [0.4, 0.5) is 0 Å². The van der Waals surface area contributed by atoms with Gasteiger partial charge in [0.05, 0.1) is 6.61 Å². The minimum Gasteiger partial charge on any atom is -0.463 e. The zero-order valence-electron chi connectivity index (χ0n) is 18.1. The van der Waals surface area contributed by atoms with Crippen molar-refractivity contribution in [2.75, 3.05) is 6.61 Å². The van der Waals surface area contributed by atoms with E-state index in [1.165, 1.54) is 55.7 Å². The lowest BCUT2D eigenvalue weighted by atomic mass is 9.48. The molecule has 4 bridgehead atoms. The second kappa shape index (κ2) is 8.45. The maximum Gasteiger partial charge on any atom is 0.330 e. The van der Waals surface area contributed by atoms with E-state index in [0.717, 1.165) is 23.3 Å². The molecule has 0 amide bonds. The monoisotopic (exact) mass is 418 g/mol. The number of hydrogen-bond acceptors (Lipinski definition) is 5. The van der Waals surface area contributed by atoms with Crippen LogP contribution in [0.3, 0.4) is 0 Å². The third-order valence-electron chi connectivity index (χ3n) is 7.29. The van der Waals surface area contributed by atoms with Gasteiger partial charge in [-0.2, -0.15) is 0 Å². The highest BCUT2D eigenvalue weighted by atomic mass is 16.5. The third kappa shape index (κ3) is 4.36. The van der Waals surface area contributed by atoms with E-state index < -0.39 is 0 Å². The van der Waals surface area contributed by atoms with Gasteiger partial charge in [0, 0.05) is 24.0 Å². The summed E-state index contributed by atoms with van der Waals surface area (Å²) in [5.41, 5.74) is 3.80. The van der Waals surface area contributed by atoms with Gasteiger partial charge in [-0.05, 0) is 85.8 Å². The molecule has 0 unspecified atom stereocenters. The number of esters is 1. The fourth-order valence-corrected chi connectivity index (χ4v) is 6.44. The quantitative estimate of drug-likeness (QED) is 0.462. The zero-order chi connectivity index (χ0) is 21.3. The zero-order valence-corrected chi connectivity index (χ0v) is 18.1. The van der Waals surface area contributed by atoms with Crippen LogP contribution in [0.25, 0.3) is 6.08 Å². The van der Waals surface area contributed by atoms with Crippen molar-refractivity contribution >= 4 is 12.0 Å². The van der Waals surface area contributed by atoms with Gasteiger partial charge in [0.1, 0.15) is 6.61 Å². The van der Waals surface area contributed by atoms with Crippen LogP contribution in [-0.2, 0) is 21.6 Å². The average Bonchev–Trinajstić information content (AvgIpc) is 2.76. The van der Waals surface area contributed by atoms with Crippen molar-refractivity contribution in [2.24, 2.45) is 17.8 Å². The highest BCUT2D eigenvalue weighted by Crippen LogP contribution is 2.60. The predicted molar refractivity (Wildman–Crippen MR) is 118 cm³/mol. The molecule has 4 aliphatic carbocycles. The molecule has 31 heavy (non-hydrogen) atoms. The highest BCUT2D eigenvalue weighted by Gasteiger charge is 2.51. The van der Waals surface area contributed by atoms with Crippen LogP contribution in [0.1, 0.15) is 62.1 Å². The molecule has 2 aromatic rings. The average molecular weight is 419 g/mol. The van der Waals surface area contributed by atoms with Crippen LogP contribution < -0.4 is 4.74 Å². The maximum absolute atomic E-state index is 11.4. The Hall–Kier alpha value is -2.69. The highest BCUT2D eigenvalue weighted by molar-refractivity contribution is 5.86. The summed E-state index contributed by atoms with van der Waals surface area (Å²) in [5, 5.41) is 0. The van der Waals surface area contributed by atoms with Crippen molar-refractivity contribution < 1.29 is 14.3 Å². The molecule has 0 spiro atoms. The summed E-state index contributed by atoms with van der Waals surface area (Å²) in [7, 11) is 0. The van der Waals surface area contributed by atoms with E-state index in [1.807, 2.05) is 0 Å². The molecule has 0 saturated heterocycles. The van der Waals surface area contributed by atoms with E-state index >= 15 is 0 Å². The summed E-state index contributed by atoms with van der Waals surface area (Å²) in [6, 6.07) is 9.33. The first-order chi connectivity index (χ1) is 15.1. The summed E-state index contributed by atoms with van der Waals surface area (Å²) in [6.07, 6.45) is 14.8. The third-order valence-corrected chi connectivity index (χ3v) is 7.29. The normalized spacial score (nSPS) is 28.7. The number of benzene rings is 1. The smallest absolute Gasteiger partial charge is 0.330 e. The van der Waals surface area contributed by atoms with Gasteiger partial charge in [0.25, 0.3) is 0 Å². The molecule has 4 aliphatic rings. The fraction of sp³-hybridized carbons (Fsp3) is 0.500. The molecule has 1 aromatic heterocycles. The molecule has 0 radical (unpaired) electrons. The van der Waals surface area contributed by atoms with Crippen molar-refractivity contribution in [1.29, 1.82) is 0 Å². The van der Waals surface area contributed by atoms with Crippen LogP contribution >= 0.6 is 0 Å². The number of nitrogens with zero attached hydrogens (tertiary/aromatic N) is 2. The van der Waals surface area contributed by atoms with E-state index in [9.17, 15) is 4.79 Å². The number of hydrogen-bond donors (Lipinski definition) is 0. The number of aromatic nitrogens is 2.